The molecule has 5 heteroatoms. The van der Waals surface area contributed by atoms with E-state index in [9.17, 15) is 9.59 Å². The highest BCUT2D eigenvalue weighted by Gasteiger charge is 2.19. The van der Waals surface area contributed by atoms with Crippen LogP contribution in [0.15, 0.2) is 0 Å². The predicted molar refractivity (Wildman–Crippen MR) is 46.1 cm³/mol. The summed E-state index contributed by atoms with van der Waals surface area (Å²) in [5, 5.41) is 10.8. The lowest BCUT2D eigenvalue weighted by atomic mass is 10.1. The van der Waals surface area contributed by atoms with Crippen molar-refractivity contribution in [3.05, 3.63) is 0 Å². The van der Waals surface area contributed by atoms with E-state index in [2.05, 4.69) is 5.32 Å². The van der Waals surface area contributed by atoms with Gasteiger partial charge in [0, 0.05) is 6.04 Å². The number of nitrogens with one attached hydrogen (secondary N) is 1. The first-order valence-corrected chi connectivity index (χ1v) is 4.97. The molecule has 0 atom stereocenters. The van der Waals surface area contributed by atoms with Gasteiger partial charge in [-0.05, 0) is 24.3 Å². The summed E-state index contributed by atoms with van der Waals surface area (Å²) in [7, 11) is 0. The van der Waals surface area contributed by atoms with E-state index in [0.717, 1.165) is 24.3 Å². The summed E-state index contributed by atoms with van der Waals surface area (Å²) in [4.78, 5) is 20.8. The third kappa shape index (κ3) is 2.73. The molecule has 68 valence electrons. The van der Waals surface area contributed by atoms with Gasteiger partial charge in [-0.25, -0.2) is 4.79 Å². The maximum Gasteiger partial charge on any atom is 0.394 e. The van der Waals surface area contributed by atoms with Crippen LogP contribution in [0.2, 0.25) is 0 Å². The minimum atomic E-state index is -1.40. The highest BCUT2D eigenvalue weighted by molar-refractivity contribution is 7.99. The van der Waals surface area contributed by atoms with Gasteiger partial charge in [-0.1, -0.05) is 0 Å². The molecular weight excluding hydrogens is 178 g/mol. The number of rotatable bonds is 1. The summed E-state index contributed by atoms with van der Waals surface area (Å²) in [6.07, 6.45) is 1.76. The van der Waals surface area contributed by atoms with E-state index < -0.39 is 11.9 Å². The van der Waals surface area contributed by atoms with Gasteiger partial charge in [-0.2, -0.15) is 11.8 Å². The molecule has 0 aromatic rings. The van der Waals surface area contributed by atoms with Crippen molar-refractivity contribution in [3.63, 3.8) is 0 Å². The Morgan fingerprint density at radius 2 is 1.92 bits per heavy atom. The van der Waals surface area contributed by atoms with Gasteiger partial charge >= 0.3 is 11.9 Å². The summed E-state index contributed by atoms with van der Waals surface area (Å²) in [5.74, 6) is -0.269. The molecule has 1 rings (SSSR count). The molecule has 0 spiro atoms. The Morgan fingerprint density at radius 3 is 2.42 bits per heavy atom. The van der Waals surface area contributed by atoms with Crippen LogP contribution in [0.1, 0.15) is 12.8 Å². The average molecular weight is 189 g/mol. The first-order chi connectivity index (χ1) is 5.70. The minimum absolute atomic E-state index is 0.0647. The first-order valence-electron chi connectivity index (χ1n) is 3.81. The molecule has 1 aliphatic heterocycles. The van der Waals surface area contributed by atoms with E-state index in [-0.39, 0.29) is 6.04 Å². The normalized spacial score (nSPS) is 18.7. The maximum absolute atomic E-state index is 10.7. The monoisotopic (exact) mass is 189 g/mol. The van der Waals surface area contributed by atoms with Crippen LogP contribution in [0.3, 0.4) is 0 Å². The number of hydrogen-bond acceptors (Lipinski definition) is 3. The molecule has 0 radical (unpaired) electrons. The first kappa shape index (κ1) is 9.38. The zero-order valence-corrected chi connectivity index (χ0v) is 7.39. The molecule has 1 fully saturated rings. The van der Waals surface area contributed by atoms with Crippen molar-refractivity contribution in [1.82, 2.24) is 5.32 Å². The van der Waals surface area contributed by atoms with Gasteiger partial charge in [0.25, 0.3) is 0 Å². The zero-order valence-electron chi connectivity index (χ0n) is 6.58. The van der Waals surface area contributed by atoms with Crippen molar-refractivity contribution in [1.29, 1.82) is 0 Å². The molecule has 2 N–H and O–H groups in total. The number of carbonyl (C=O) groups is 2. The fourth-order valence-corrected chi connectivity index (χ4v) is 2.20. The number of carboxylic acid groups (broad SMARTS) is 1. The Kier molecular flexibility index (Phi) is 3.40. The molecule has 1 heterocycles. The molecule has 0 aromatic heterocycles. The van der Waals surface area contributed by atoms with Crippen LogP contribution >= 0.6 is 11.8 Å². The van der Waals surface area contributed by atoms with Crippen LogP contribution in [0.5, 0.6) is 0 Å². The molecule has 1 saturated heterocycles. The van der Waals surface area contributed by atoms with E-state index in [0.29, 0.717) is 0 Å². The zero-order chi connectivity index (χ0) is 8.97. The fraction of sp³-hybridized carbons (Fsp3) is 0.714. The summed E-state index contributed by atoms with van der Waals surface area (Å²) >= 11 is 1.84. The topological polar surface area (TPSA) is 66.4 Å². The highest BCUT2D eigenvalue weighted by Crippen LogP contribution is 2.16. The van der Waals surface area contributed by atoms with E-state index >= 15 is 0 Å². The van der Waals surface area contributed by atoms with Crippen LogP contribution in [-0.4, -0.2) is 34.5 Å². The number of aliphatic carboxylic acids is 1. The van der Waals surface area contributed by atoms with Crippen molar-refractivity contribution in [3.8, 4) is 0 Å². The van der Waals surface area contributed by atoms with Crippen LogP contribution < -0.4 is 5.32 Å². The minimum Gasteiger partial charge on any atom is -0.474 e. The smallest absolute Gasteiger partial charge is 0.394 e. The summed E-state index contributed by atoms with van der Waals surface area (Å²) in [6.45, 7) is 0. The van der Waals surface area contributed by atoms with Crippen LogP contribution in [0.4, 0.5) is 0 Å². The van der Waals surface area contributed by atoms with Crippen LogP contribution in [-0.2, 0) is 9.59 Å². The molecule has 12 heavy (non-hydrogen) atoms. The third-order valence-corrected chi connectivity index (χ3v) is 2.80. The number of hydrogen-bond donors (Lipinski definition) is 2. The summed E-state index contributed by atoms with van der Waals surface area (Å²) < 4.78 is 0. The molecule has 0 saturated carbocycles. The van der Waals surface area contributed by atoms with Gasteiger partial charge in [0.2, 0.25) is 0 Å². The van der Waals surface area contributed by atoms with Crippen molar-refractivity contribution >= 4 is 23.6 Å². The largest absolute Gasteiger partial charge is 0.474 e. The maximum atomic E-state index is 10.7. The van der Waals surface area contributed by atoms with E-state index in [1.54, 1.807) is 0 Å². The number of carbonyl (C=O) groups excluding carboxylic acids is 1. The number of amides is 1. The van der Waals surface area contributed by atoms with E-state index in [1.807, 2.05) is 11.8 Å². The molecule has 1 aliphatic rings. The fourth-order valence-electron chi connectivity index (χ4n) is 1.09. The van der Waals surface area contributed by atoms with E-state index in [4.69, 9.17) is 5.11 Å². The van der Waals surface area contributed by atoms with Crippen molar-refractivity contribution in [2.24, 2.45) is 0 Å². The Balaban J connectivity index is 2.29. The average Bonchev–Trinajstić information content (AvgIpc) is 2.06. The summed E-state index contributed by atoms with van der Waals surface area (Å²) in [6, 6.07) is 0.0647. The van der Waals surface area contributed by atoms with Crippen LogP contribution in [0, 0.1) is 0 Å². The van der Waals surface area contributed by atoms with Crippen molar-refractivity contribution < 1.29 is 14.7 Å². The number of carboxylic acids is 1. The Morgan fingerprint density at radius 1 is 1.33 bits per heavy atom. The third-order valence-electron chi connectivity index (χ3n) is 1.75. The standard InChI is InChI=1S/C7H11NO3S/c9-6(7(10)11)8-5-1-3-12-4-2-5/h5H,1-4H2,(H,8,9)(H,10,11). The summed E-state index contributed by atoms with van der Waals surface area (Å²) in [5.41, 5.74) is 0. The lowest BCUT2D eigenvalue weighted by Crippen LogP contribution is -2.40. The van der Waals surface area contributed by atoms with Gasteiger partial charge in [0.1, 0.15) is 0 Å². The quantitative estimate of drug-likeness (QED) is 0.573. The van der Waals surface area contributed by atoms with Gasteiger partial charge in [0.05, 0.1) is 0 Å². The molecule has 0 aromatic carbocycles. The highest BCUT2D eigenvalue weighted by atomic mass is 32.2. The van der Waals surface area contributed by atoms with Gasteiger partial charge in [0.15, 0.2) is 0 Å². The molecule has 0 aliphatic carbocycles. The number of thioether (sulfide) groups is 1. The molecule has 1 amide bonds. The van der Waals surface area contributed by atoms with E-state index in [1.165, 1.54) is 0 Å². The lowest BCUT2D eigenvalue weighted by Gasteiger charge is -2.21. The molecule has 0 bridgehead atoms. The second-order valence-electron chi connectivity index (χ2n) is 2.67. The van der Waals surface area contributed by atoms with Crippen molar-refractivity contribution in [2.75, 3.05) is 11.5 Å². The molecular formula is C7H11NO3S. The predicted octanol–water partition coefficient (Wildman–Crippen LogP) is 0.0828. The molecule has 0 unspecified atom stereocenters. The second-order valence-corrected chi connectivity index (χ2v) is 3.89. The van der Waals surface area contributed by atoms with Crippen LogP contribution in [0.25, 0.3) is 0 Å². The Bertz CT molecular complexity index is 189. The van der Waals surface area contributed by atoms with Gasteiger partial charge in [-0.15, -0.1) is 0 Å². The SMILES string of the molecule is O=C(O)C(=O)NC1CCSCC1. The van der Waals surface area contributed by atoms with Crippen molar-refractivity contribution in [2.45, 2.75) is 18.9 Å². The second kappa shape index (κ2) is 4.35. The van der Waals surface area contributed by atoms with Gasteiger partial charge in [-0.3, -0.25) is 4.79 Å². The Labute approximate surface area is 74.7 Å². The van der Waals surface area contributed by atoms with Gasteiger partial charge < -0.3 is 10.4 Å². The Hall–Kier alpha value is -0.710. The lowest BCUT2D eigenvalue weighted by molar-refractivity contribution is -0.150. The molecule has 4 nitrogen and oxygen atoms in total.